The van der Waals surface area contributed by atoms with Crippen LogP contribution in [0.3, 0.4) is 0 Å². The molecule has 1 aliphatic rings. The van der Waals surface area contributed by atoms with Crippen LogP contribution >= 0.6 is 0 Å². The average molecular weight is 351 g/mol. The summed E-state index contributed by atoms with van der Waals surface area (Å²) in [5, 5.41) is 16.4. The van der Waals surface area contributed by atoms with E-state index in [-0.39, 0.29) is 5.56 Å². The first-order valence-electron chi connectivity index (χ1n) is 7.13. The van der Waals surface area contributed by atoms with Gasteiger partial charge in [0.1, 0.15) is 5.82 Å². The van der Waals surface area contributed by atoms with E-state index in [9.17, 15) is 18.3 Å². The fourth-order valence-corrected chi connectivity index (χ4v) is 3.24. The molecule has 24 heavy (non-hydrogen) atoms. The van der Waals surface area contributed by atoms with E-state index in [0.29, 0.717) is 22.7 Å². The number of ether oxygens (including phenoxy) is 1. The van der Waals surface area contributed by atoms with E-state index < -0.39 is 21.9 Å². The van der Waals surface area contributed by atoms with Gasteiger partial charge in [0.25, 0.3) is 0 Å². The number of pyridine rings is 1. The number of nitrogens with two attached hydrogens (primary N) is 1. The molecule has 0 saturated carbocycles. The molecule has 2 N–H and O–H groups in total. The third-order valence-electron chi connectivity index (χ3n) is 3.71. The van der Waals surface area contributed by atoms with Crippen LogP contribution in [0.1, 0.15) is 10.5 Å². The highest BCUT2D eigenvalue weighted by Gasteiger charge is 2.19. The van der Waals surface area contributed by atoms with Crippen LogP contribution in [0.4, 0.5) is 5.82 Å². The lowest BCUT2D eigenvalue weighted by molar-refractivity contribution is -0.255. The van der Waals surface area contributed by atoms with Crippen molar-refractivity contribution in [1.29, 1.82) is 0 Å². The Bertz CT molecular complexity index is 854. The molecule has 9 nitrogen and oxygen atoms in total. The van der Waals surface area contributed by atoms with Gasteiger partial charge in [-0.3, -0.25) is 0 Å². The number of carboxylic acids is 1. The van der Waals surface area contributed by atoms with Gasteiger partial charge in [-0.1, -0.05) is 0 Å². The first-order chi connectivity index (χ1) is 11.4. The maximum absolute atomic E-state index is 11.5. The monoisotopic (exact) mass is 351 g/mol. The highest BCUT2D eigenvalue weighted by atomic mass is 32.2. The zero-order valence-corrected chi connectivity index (χ0v) is 13.4. The van der Waals surface area contributed by atoms with Crippen LogP contribution in [0.15, 0.2) is 30.6 Å². The predicted octanol–water partition coefficient (Wildman–Crippen LogP) is -1.20. The summed E-state index contributed by atoms with van der Waals surface area (Å²) in [7, 11) is -4.24. The molecule has 0 unspecified atom stereocenters. The third kappa shape index (κ3) is 3.11. The van der Waals surface area contributed by atoms with Crippen LogP contribution in [0.2, 0.25) is 0 Å². The standard InChI is InChI=1S/C14H16N4O5S/c15-24(21,22)18-4-3-11(13(18)14(19)20)10-1-2-12(16-9-10)17-5-7-23-8-6-17/h1-4,9H,5-8H2,(H,19,20)(H2,15,21,22)/p-1. The van der Waals surface area contributed by atoms with E-state index in [2.05, 4.69) is 4.98 Å². The van der Waals surface area contributed by atoms with Gasteiger partial charge in [0, 0.05) is 36.6 Å². The Hall–Kier alpha value is -2.43. The van der Waals surface area contributed by atoms with Crippen LogP contribution in [-0.2, 0) is 14.9 Å². The van der Waals surface area contributed by atoms with E-state index in [1.165, 1.54) is 12.3 Å². The molecule has 1 saturated heterocycles. The number of aromatic nitrogens is 2. The number of morpholine rings is 1. The Labute approximate surface area is 138 Å². The van der Waals surface area contributed by atoms with Crippen molar-refractivity contribution >= 4 is 22.0 Å². The van der Waals surface area contributed by atoms with Crippen LogP contribution in [0, 0.1) is 0 Å². The molecule has 0 bridgehead atoms. The van der Waals surface area contributed by atoms with Crippen molar-refractivity contribution in [1.82, 2.24) is 8.96 Å². The summed E-state index contributed by atoms with van der Waals surface area (Å²) in [6.07, 6.45) is 2.56. The average Bonchev–Trinajstić information content (AvgIpc) is 3.01. The molecule has 3 heterocycles. The van der Waals surface area contributed by atoms with E-state index >= 15 is 0 Å². The van der Waals surface area contributed by atoms with Gasteiger partial charge in [-0.25, -0.2) is 14.1 Å². The zero-order valence-electron chi connectivity index (χ0n) is 12.6. The molecule has 1 fully saturated rings. The minimum absolute atomic E-state index is 0.171. The first-order valence-corrected chi connectivity index (χ1v) is 8.63. The molecule has 3 rings (SSSR count). The molecule has 0 aliphatic carbocycles. The van der Waals surface area contributed by atoms with Crippen LogP contribution < -0.4 is 15.1 Å². The fourth-order valence-electron chi connectivity index (χ4n) is 2.58. The number of carbonyl (C=O) groups excluding carboxylic acids is 1. The van der Waals surface area contributed by atoms with Gasteiger partial charge < -0.3 is 19.5 Å². The summed E-state index contributed by atoms with van der Waals surface area (Å²) in [6.45, 7) is 2.68. The van der Waals surface area contributed by atoms with Gasteiger partial charge >= 0.3 is 10.2 Å². The minimum Gasteiger partial charge on any atom is -0.543 e. The van der Waals surface area contributed by atoms with E-state index in [0.717, 1.165) is 25.1 Å². The van der Waals surface area contributed by atoms with Crippen molar-refractivity contribution < 1.29 is 23.1 Å². The van der Waals surface area contributed by atoms with Crippen molar-refractivity contribution in [3.05, 3.63) is 36.3 Å². The predicted molar refractivity (Wildman–Crippen MR) is 83.5 cm³/mol. The second-order valence-electron chi connectivity index (χ2n) is 5.21. The topological polar surface area (TPSA) is 131 Å². The van der Waals surface area contributed by atoms with Crippen LogP contribution in [0.25, 0.3) is 11.1 Å². The molecule has 2 aromatic rings. The number of rotatable bonds is 4. The summed E-state index contributed by atoms with van der Waals surface area (Å²) in [6, 6.07) is 4.77. The number of anilines is 1. The summed E-state index contributed by atoms with van der Waals surface area (Å²) >= 11 is 0. The number of hydrogen-bond donors (Lipinski definition) is 1. The largest absolute Gasteiger partial charge is 0.543 e. The van der Waals surface area contributed by atoms with Crippen molar-refractivity contribution in [3.63, 3.8) is 0 Å². The molecule has 0 aromatic carbocycles. The molecule has 10 heteroatoms. The Kier molecular flexibility index (Phi) is 4.26. The summed E-state index contributed by atoms with van der Waals surface area (Å²) in [5.41, 5.74) is 0.0945. The van der Waals surface area contributed by atoms with E-state index in [1.54, 1.807) is 12.1 Å². The fraction of sp³-hybridized carbons (Fsp3) is 0.286. The molecular formula is C14H15N4O5S-. The van der Waals surface area contributed by atoms with Gasteiger partial charge in [-0.15, -0.1) is 0 Å². The normalized spacial score (nSPS) is 15.5. The molecular weight excluding hydrogens is 336 g/mol. The van der Waals surface area contributed by atoms with Gasteiger partial charge in [0.05, 0.1) is 24.9 Å². The number of nitrogens with zero attached hydrogens (tertiary/aromatic N) is 3. The third-order valence-corrected chi connectivity index (χ3v) is 4.57. The molecule has 0 atom stereocenters. The zero-order chi connectivity index (χ0) is 17.3. The molecule has 0 spiro atoms. The van der Waals surface area contributed by atoms with Crippen LogP contribution in [0.5, 0.6) is 0 Å². The maximum Gasteiger partial charge on any atom is 0.302 e. The second-order valence-corrected chi connectivity index (χ2v) is 6.63. The second kappa shape index (κ2) is 6.23. The Morgan fingerprint density at radius 3 is 2.50 bits per heavy atom. The number of carbonyl (C=O) groups is 1. The van der Waals surface area contributed by atoms with Gasteiger partial charge in [0.15, 0.2) is 0 Å². The first kappa shape index (κ1) is 16.4. The number of carboxylic acid groups (broad SMARTS) is 1. The van der Waals surface area contributed by atoms with Crippen molar-refractivity contribution in [2.45, 2.75) is 0 Å². The summed E-state index contributed by atoms with van der Waals surface area (Å²) in [5.74, 6) is -0.899. The molecule has 128 valence electrons. The van der Waals surface area contributed by atoms with E-state index in [4.69, 9.17) is 9.88 Å². The lowest BCUT2D eigenvalue weighted by atomic mass is 10.1. The van der Waals surface area contributed by atoms with Crippen molar-refractivity contribution in [2.24, 2.45) is 5.14 Å². The molecule has 0 radical (unpaired) electrons. The van der Waals surface area contributed by atoms with Crippen LogP contribution in [-0.4, -0.2) is 49.6 Å². The van der Waals surface area contributed by atoms with Gasteiger partial charge in [-0.05, 0) is 18.2 Å². The maximum atomic E-state index is 11.5. The smallest absolute Gasteiger partial charge is 0.302 e. The lowest BCUT2D eigenvalue weighted by Gasteiger charge is -2.27. The summed E-state index contributed by atoms with van der Waals surface area (Å²) in [4.78, 5) is 17.7. The number of aromatic carboxylic acids is 1. The van der Waals surface area contributed by atoms with E-state index in [1.807, 2.05) is 4.90 Å². The molecule has 1 aliphatic heterocycles. The Balaban J connectivity index is 1.97. The Morgan fingerprint density at radius 1 is 1.25 bits per heavy atom. The van der Waals surface area contributed by atoms with Gasteiger partial charge in [0.2, 0.25) is 0 Å². The highest BCUT2D eigenvalue weighted by Crippen LogP contribution is 2.26. The highest BCUT2D eigenvalue weighted by molar-refractivity contribution is 7.87. The number of hydrogen-bond acceptors (Lipinski definition) is 7. The molecule has 0 amide bonds. The molecule has 2 aromatic heterocycles. The SMILES string of the molecule is NS(=O)(=O)n1ccc(-c2ccc(N3CCOCC3)nc2)c1C(=O)[O-]. The minimum atomic E-state index is -4.24. The lowest BCUT2D eigenvalue weighted by Crippen LogP contribution is -2.36. The van der Waals surface area contributed by atoms with Gasteiger partial charge in [-0.2, -0.15) is 8.42 Å². The van der Waals surface area contributed by atoms with Crippen molar-refractivity contribution in [2.75, 3.05) is 31.2 Å². The quantitative estimate of drug-likeness (QED) is 0.732. The Morgan fingerprint density at radius 2 is 1.96 bits per heavy atom. The summed E-state index contributed by atoms with van der Waals surface area (Å²) < 4.78 is 28.7. The van der Waals surface area contributed by atoms with Crippen molar-refractivity contribution in [3.8, 4) is 11.1 Å².